The van der Waals surface area contributed by atoms with Crippen molar-refractivity contribution < 1.29 is 31.6 Å². The first-order chi connectivity index (χ1) is 12.8. The molecule has 2 heterocycles. The van der Waals surface area contributed by atoms with Gasteiger partial charge in [-0.05, 0) is 12.1 Å². The predicted molar refractivity (Wildman–Crippen MR) is 93.7 cm³/mol. The van der Waals surface area contributed by atoms with Crippen LogP contribution in [0.4, 0.5) is 19.3 Å². The van der Waals surface area contributed by atoms with E-state index in [4.69, 9.17) is 4.84 Å². The maximum atomic E-state index is 14.5. The molecule has 8 nitrogen and oxygen atoms in total. The van der Waals surface area contributed by atoms with E-state index < -0.39 is 33.7 Å². The molecule has 3 rings (SSSR count). The Bertz CT molecular complexity index is 838. The Morgan fingerprint density at radius 1 is 1.33 bits per heavy atom. The number of nitrogens with one attached hydrogen (secondary N) is 1. The van der Waals surface area contributed by atoms with Crippen LogP contribution in [0.5, 0.6) is 0 Å². The van der Waals surface area contributed by atoms with Crippen LogP contribution in [0.1, 0.15) is 12.0 Å². The molecular weight excluding hydrogens is 384 g/mol. The number of ether oxygens (including phenoxy) is 1. The minimum absolute atomic E-state index is 0.0425. The van der Waals surface area contributed by atoms with Crippen molar-refractivity contribution in [3.05, 3.63) is 29.3 Å². The normalized spacial score (nSPS) is 21.4. The number of benzene rings is 1. The highest BCUT2D eigenvalue weighted by Gasteiger charge is 2.28. The van der Waals surface area contributed by atoms with Gasteiger partial charge < -0.3 is 19.8 Å². The SMILES string of the molecule is COC(=O)NC[C@H]1CC(c2cc(F)c(N3CCS(=O)(=O)CC3)c(F)c2)=NO1. The Balaban J connectivity index is 1.69. The van der Waals surface area contributed by atoms with Crippen LogP contribution in [0.15, 0.2) is 17.3 Å². The number of nitrogens with zero attached hydrogens (tertiary/aromatic N) is 2. The highest BCUT2D eigenvalue weighted by molar-refractivity contribution is 7.91. The van der Waals surface area contributed by atoms with E-state index in [1.54, 1.807) is 0 Å². The number of hydrogen-bond donors (Lipinski definition) is 1. The molecule has 11 heteroatoms. The zero-order chi connectivity index (χ0) is 19.6. The number of sulfone groups is 1. The first-order valence-electron chi connectivity index (χ1n) is 8.28. The summed E-state index contributed by atoms with van der Waals surface area (Å²) in [5, 5.41) is 6.30. The third-order valence-corrected chi connectivity index (χ3v) is 6.01. The third kappa shape index (κ3) is 4.46. The average molecular weight is 403 g/mol. The van der Waals surface area contributed by atoms with Gasteiger partial charge in [-0.1, -0.05) is 5.16 Å². The van der Waals surface area contributed by atoms with Crippen LogP contribution in [-0.2, 0) is 19.4 Å². The van der Waals surface area contributed by atoms with Gasteiger partial charge in [0.1, 0.15) is 17.3 Å². The van der Waals surface area contributed by atoms with Crippen molar-refractivity contribution in [2.75, 3.05) is 43.1 Å². The predicted octanol–water partition coefficient (Wildman–Crippen LogP) is 1.05. The smallest absolute Gasteiger partial charge is 0.406 e. The highest BCUT2D eigenvalue weighted by Crippen LogP contribution is 2.28. The molecule has 1 atom stereocenters. The zero-order valence-corrected chi connectivity index (χ0v) is 15.4. The maximum Gasteiger partial charge on any atom is 0.406 e. The molecule has 0 aliphatic carbocycles. The van der Waals surface area contributed by atoms with Crippen LogP contribution >= 0.6 is 0 Å². The summed E-state index contributed by atoms with van der Waals surface area (Å²) in [6.07, 6.45) is -0.807. The second kappa shape index (κ2) is 7.67. The van der Waals surface area contributed by atoms with Crippen molar-refractivity contribution in [2.45, 2.75) is 12.5 Å². The largest absolute Gasteiger partial charge is 0.453 e. The van der Waals surface area contributed by atoms with Crippen LogP contribution in [0, 0.1) is 11.6 Å². The number of carbonyl (C=O) groups is 1. The molecule has 27 heavy (non-hydrogen) atoms. The lowest BCUT2D eigenvalue weighted by atomic mass is 10.0. The summed E-state index contributed by atoms with van der Waals surface area (Å²) in [4.78, 5) is 17.6. The minimum Gasteiger partial charge on any atom is -0.453 e. The molecule has 148 valence electrons. The molecule has 2 aliphatic heterocycles. The van der Waals surface area contributed by atoms with Gasteiger partial charge in [-0.25, -0.2) is 22.0 Å². The monoisotopic (exact) mass is 403 g/mol. The number of alkyl carbamates (subject to hydrolysis) is 1. The summed E-state index contributed by atoms with van der Waals surface area (Å²) >= 11 is 0. The summed E-state index contributed by atoms with van der Waals surface area (Å²) in [7, 11) is -1.92. The summed E-state index contributed by atoms with van der Waals surface area (Å²) in [5.41, 5.74) is 0.355. The van der Waals surface area contributed by atoms with Gasteiger partial charge in [0.2, 0.25) is 0 Å². The number of anilines is 1. The number of carbonyl (C=O) groups excluding carboxylic acids is 1. The number of rotatable bonds is 4. The standard InChI is InChI=1S/C16H19F2N3O5S/c1-25-16(22)19-9-11-8-14(20-26-11)10-6-12(17)15(13(18)7-10)21-2-4-27(23,24)5-3-21/h6-7,11H,2-5,8-9H2,1H3,(H,19,22)/t11-/m1/s1. The van der Waals surface area contributed by atoms with Gasteiger partial charge in [0, 0.05) is 25.1 Å². The van der Waals surface area contributed by atoms with Crippen molar-refractivity contribution in [3.63, 3.8) is 0 Å². The molecular formula is C16H19F2N3O5S. The van der Waals surface area contributed by atoms with Crippen molar-refractivity contribution in [1.29, 1.82) is 0 Å². The Morgan fingerprint density at radius 3 is 2.56 bits per heavy atom. The second-order valence-corrected chi connectivity index (χ2v) is 8.57. The van der Waals surface area contributed by atoms with E-state index >= 15 is 0 Å². The molecule has 0 unspecified atom stereocenters. The van der Waals surface area contributed by atoms with Crippen LogP contribution in [0.25, 0.3) is 0 Å². The third-order valence-electron chi connectivity index (χ3n) is 4.40. The van der Waals surface area contributed by atoms with Gasteiger partial charge in [0.05, 0.1) is 30.9 Å². The molecule has 0 spiro atoms. The second-order valence-electron chi connectivity index (χ2n) is 6.27. The van der Waals surface area contributed by atoms with Crippen LogP contribution < -0.4 is 10.2 Å². The lowest BCUT2D eigenvalue weighted by Crippen LogP contribution is -2.41. The van der Waals surface area contributed by atoms with Crippen LogP contribution in [0.2, 0.25) is 0 Å². The summed E-state index contributed by atoms with van der Waals surface area (Å²) in [6, 6.07) is 2.31. The van der Waals surface area contributed by atoms with E-state index in [0.29, 0.717) is 5.71 Å². The van der Waals surface area contributed by atoms with Gasteiger partial charge in [-0.2, -0.15) is 0 Å². The number of halogens is 2. The van der Waals surface area contributed by atoms with Crippen molar-refractivity contribution in [3.8, 4) is 0 Å². The molecule has 1 saturated heterocycles. The maximum absolute atomic E-state index is 14.5. The first kappa shape index (κ1) is 19.3. The van der Waals surface area contributed by atoms with E-state index in [1.165, 1.54) is 12.0 Å². The number of methoxy groups -OCH3 is 1. The average Bonchev–Trinajstić information content (AvgIpc) is 3.09. The lowest BCUT2D eigenvalue weighted by Gasteiger charge is -2.29. The number of amides is 1. The van der Waals surface area contributed by atoms with Crippen molar-refractivity contribution in [1.82, 2.24) is 5.32 Å². The molecule has 0 aromatic heterocycles. The first-order valence-corrected chi connectivity index (χ1v) is 10.1. The quantitative estimate of drug-likeness (QED) is 0.807. The van der Waals surface area contributed by atoms with Crippen LogP contribution in [0.3, 0.4) is 0 Å². The fraction of sp³-hybridized carbons (Fsp3) is 0.500. The van der Waals surface area contributed by atoms with Gasteiger partial charge in [-0.3, -0.25) is 0 Å². The van der Waals surface area contributed by atoms with E-state index in [2.05, 4.69) is 15.2 Å². The van der Waals surface area contributed by atoms with E-state index in [0.717, 1.165) is 12.1 Å². The Hall–Kier alpha value is -2.43. The molecule has 0 radical (unpaired) electrons. The van der Waals surface area contributed by atoms with Crippen LogP contribution in [-0.4, -0.2) is 64.6 Å². The molecule has 2 aliphatic rings. The molecule has 0 bridgehead atoms. The van der Waals surface area contributed by atoms with E-state index in [9.17, 15) is 22.0 Å². The van der Waals surface area contributed by atoms with Gasteiger partial charge in [-0.15, -0.1) is 0 Å². The number of oxime groups is 1. The molecule has 1 amide bonds. The topological polar surface area (TPSA) is 97.3 Å². The summed E-state index contributed by atoms with van der Waals surface area (Å²) in [5.74, 6) is -1.85. The molecule has 1 N–H and O–H groups in total. The van der Waals surface area contributed by atoms with Crippen molar-refractivity contribution >= 4 is 27.3 Å². The summed E-state index contributed by atoms with van der Waals surface area (Å²) < 4.78 is 56.5. The Morgan fingerprint density at radius 2 is 1.96 bits per heavy atom. The van der Waals surface area contributed by atoms with Crippen molar-refractivity contribution in [2.24, 2.45) is 5.16 Å². The fourth-order valence-electron chi connectivity index (χ4n) is 2.95. The van der Waals surface area contributed by atoms with Gasteiger partial charge in [0.15, 0.2) is 15.9 Å². The summed E-state index contributed by atoms with van der Waals surface area (Å²) in [6.45, 7) is 0.229. The van der Waals surface area contributed by atoms with E-state index in [-0.39, 0.29) is 48.8 Å². The molecule has 1 fully saturated rings. The minimum atomic E-state index is -3.15. The van der Waals surface area contributed by atoms with E-state index in [1.807, 2.05) is 0 Å². The molecule has 1 aromatic rings. The van der Waals surface area contributed by atoms with Gasteiger partial charge >= 0.3 is 6.09 Å². The fourth-order valence-corrected chi connectivity index (χ4v) is 4.15. The van der Waals surface area contributed by atoms with Gasteiger partial charge in [0.25, 0.3) is 0 Å². The lowest BCUT2D eigenvalue weighted by molar-refractivity contribution is 0.0827. The number of hydrogen-bond acceptors (Lipinski definition) is 7. The zero-order valence-electron chi connectivity index (χ0n) is 14.6. The highest BCUT2D eigenvalue weighted by atomic mass is 32.2. The Kier molecular flexibility index (Phi) is 5.49. The molecule has 0 saturated carbocycles. The Labute approximate surface area is 155 Å². The molecule has 1 aromatic carbocycles.